The zero-order chi connectivity index (χ0) is 17.2. The van der Waals surface area contributed by atoms with E-state index in [4.69, 9.17) is 4.98 Å². The first kappa shape index (κ1) is 16.0. The molecule has 0 bridgehead atoms. The van der Waals surface area contributed by atoms with Crippen LogP contribution in [0.1, 0.15) is 23.9 Å². The van der Waals surface area contributed by atoms with E-state index in [0.717, 1.165) is 56.9 Å². The summed E-state index contributed by atoms with van der Waals surface area (Å²) in [6.07, 6.45) is 5.54. The Hall–Kier alpha value is -2.47. The molecule has 1 N–H and O–H groups in total. The molecule has 0 amide bonds. The second kappa shape index (κ2) is 6.80. The predicted molar refractivity (Wildman–Crippen MR) is 102 cm³/mol. The van der Waals surface area contributed by atoms with Crippen molar-refractivity contribution in [2.45, 2.75) is 32.9 Å². The number of aliphatic imine (C=N–C) groups is 2. The quantitative estimate of drug-likeness (QED) is 0.874. The summed E-state index contributed by atoms with van der Waals surface area (Å²) < 4.78 is 2.37. The van der Waals surface area contributed by atoms with Crippen molar-refractivity contribution in [3.05, 3.63) is 41.1 Å². The van der Waals surface area contributed by atoms with Gasteiger partial charge in [-0.1, -0.05) is 0 Å². The van der Waals surface area contributed by atoms with Crippen LogP contribution in [0.2, 0.25) is 0 Å². The molecule has 0 radical (unpaired) electrons. The summed E-state index contributed by atoms with van der Waals surface area (Å²) in [6.45, 7) is 10.4. The standard InChI is InChI=1S/C19H24N6/c1-3-21-12-19(20-2)24-8-5-14-10-16-17(11-15(14)13-24)25-9-7-22-6-4-18(25)23-16/h3,10-12,22H,2,4-9,13H2,1H3/b19-12+,21-3?. The molecule has 3 heterocycles. The third-order valence-corrected chi connectivity index (χ3v) is 5.02. The zero-order valence-electron chi connectivity index (χ0n) is 14.7. The van der Waals surface area contributed by atoms with Crippen LogP contribution in [0.15, 0.2) is 34.1 Å². The van der Waals surface area contributed by atoms with Crippen LogP contribution < -0.4 is 5.32 Å². The molecule has 1 aromatic carbocycles. The summed E-state index contributed by atoms with van der Waals surface area (Å²) >= 11 is 0. The number of benzene rings is 1. The summed E-state index contributed by atoms with van der Waals surface area (Å²) in [7, 11) is 0. The lowest BCUT2D eigenvalue weighted by Gasteiger charge is -2.30. The highest BCUT2D eigenvalue weighted by Gasteiger charge is 2.21. The zero-order valence-corrected chi connectivity index (χ0v) is 14.7. The van der Waals surface area contributed by atoms with E-state index in [0.29, 0.717) is 0 Å². The van der Waals surface area contributed by atoms with Crippen LogP contribution in [0.3, 0.4) is 0 Å². The molecule has 2 aliphatic rings. The number of nitrogens with one attached hydrogen (secondary N) is 1. The van der Waals surface area contributed by atoms with Crippen LogP contribution >= 0.6 is 0 Å². The third-order valence-electron chi connectivity index (χ3n) is 5.02. The molecule has 1 aromatic heterocycles. The van der Waals surface area contributed by atoms with Gasteiger partial charge in [0.25, 0.3) is 0 Å². The Morgan fingerprint density at radius 2 is 2.16 bits per heavy atom. The molecular formula is C19H24N6. The molecule has 2 aliphatic heterocycles. The summed E-state index contributed by atoms with van der Waals surface area (Å²) in [6, 6.07) is 4.61. The highest BCUT2D eigenvalue weighted by molar-refractivity contribution is 5.78. The number of aromatic nitrogens is 2. The third kappa shape index (κ3) is 2.98. The van der Waals surface area contributed by atoms with Gasteiger partial charge in [0.15, 0.2) is 0 Å². The molecule has 6 heteroatoms. The minimum absolute atomic E-state index is 0.833. The van der Waals surface area contributed by atoms with Crippen LogP contribution in [-0.4, -0.2) is 47.0 Å². The first-order valence-corrected chi connectivity index (χ1v) is 8.91. The van der Waals surface area contributed by atoms with Crippen molar-refractivity contribution < 1.29 is 0 Å². The van der Waals surface area contributed by atoms with Crippen LogP contribution in [0.25, 0.3) is 11.0 Å². The monoisotopic (exact) mass is 336 g/mol. The van der Waals surface area contributed by atoms with Crippen molar-refractivity contribution >= 4 is 24.0 Å². The van der Waals surface area contributed by atoms with Gasteiger partial charge in [-0.25, -0.2) is 9.98 Å². The minimum Gasteiger partial charge on any atom is -0.351 e. The van der Waals surface area contributed by atoms with E-state index in [1.807, 2.05) is 6.92 Å². The number of fused-ring (bicyclic) bond motifs is 4. The Kier molecular flexibility index (Phi) is 4.36. The predicted octanol–water partition coefficient (Wildman–Crippen LogP) is 2.13. The number of nitrogens with zero attached hydrogens (tertiary/aromatic N) is 5. The van der Waals surface area contributed by atoms with Crippen molar-refractivity contribution in [2.24, 2.45) is 9.98 Å². The summed E-state index contributed by atoms with van der Waals surface area (Å²) in [5, 5.41) is 3.45. The van der Waals surface area contributed by atoms with E-state index < -0.39 is 0 Å². The maximum absolute atomic E-state index is 4.88. The Morgan fingerprint density at radius 3 is 3.00 bits per heavy atom. The number of hydrogen-bond acceptors (Lipinski definition) is 5. The smallest absolute Gasteiger partial charge is 0.146 e. The van der Waals surface area contributed by atoms with Crippen LogP contribution in [0, 0.1) is 0 Å². The topological polar surface area (TPSA) is 57.8 Å². The fraction of sp³-hybridized carbons (Fsp3) is 0.421. The fourth-order valence-electron chi connectivity index (χ4n) is 3.74. The van der Waals surface area contributed by atoms with E-state index in [1.165, 1.54) is 22.5 Å². The molecule has 0 saturated heterocycles. The van der Waals surface area contributed by atoms with Gasteiger partial charge in [-0.2, -0.15) is 0 Å². The van der Waals surface area contributed by atoms with Gasteiger partial charge < -0.3 is 14.8 Å². The first-order valence-electron chi connectivity index (χ1n) is 8.91. The Bertz CT molecular complexity index is 860. The second-order valence-corrected chi connectivity index (χ2v) is 6.51. The van der Waals surface area contributed by atoms with E-state index in [9.17, 15) is 0 Å². The van der Waals surface area contributed by atoms with Crippen molar-refractivity contribution in [1.29, 1.82) is 0 Å². The molecular weight excluding hydrogens is 312 g/mol. The summed E-state index contributed by atoms with van der Waals surface area (Å²) in [4.78, 5) is 15.5. The Labute approximate surface area is 148 Å². The lowest BCUT2D eigenvalue weighted by molar-refractivity contribution is 0.319. The van der Waals surface area contributed by atoms with Crippen LogP contribution in [0.4, 0.5) is 0 Å². The van der Waals surface area contributed by atoms with E-state index >= 15 is 0 Å². The highest BCUT2D eigenvalue weighted by atomic mass is 15.2. The summed E-state index contributed by atoms with van der Waals surface area (Å²) in [5.41, 5.74) is 5.14. The molecule has 0 saturated carbocycles. The molecule has 0 unspecified atom stereocenters. The van der Waals surface area contributed by atoms with Gasteiger partial charge >= 0.3 is 0 Å². The van der Waals surface area contributed by atoms with Gasteiger partial charge in [0.2, 0.25) is 0 Å². The van der Waals surface area contributed by atoms with Gasteiger partial charge in [-0.3, -0.25) is 4.99 Å². The highest BCUT2D eigenvalue weighted by Crippen LogP contribution is 2.28. The van der Waals surface area contributed by atoms with E-state index in [1.54, 1.807) is 12.4 Å². The molecule has 130 valence electrons. The first-order chi connectivity index (χ1) is 12.3. The largest absolute Gasteiger partial charge is 0.351 e. The van der Waals surface area contributed by atoms with Crippen LogP contribution in [0.5, 0.6) is 0 Å². The number of rotatable bonds is 3. The fourth-order valence-corrected chi connectivity index (χ4v) is 3.74. The summed E-state index contributed by atoms with van der Waals surface area (Å²) in [5.74, 6) is 2.03. The lowest BCUT2D eigenvalue weighted by Crippen LogP contribution is -2.29. The average Bonchev–Trinajstić information content (AvgIpc) is 2.80. The minimum atomic E-state index is 0.833. The maximum atomic E-state index is 4.88. The normalized spacial score (nSPS) is 18.3. The Morgan fingerprint density at radius 1 is 1.24 bits per heavy atom. The van der Waals surface area contributed by atoms with Crippen molar-refractivity contribution in [3.63, 3.8) is 0 Å². The second-order valence-electron chi connectivity index (χ2n) is 6.51. The molecule has 0 fully saturated rings. The van der Waals surface area contributed by atoms with Gasteiger partial charge in [0, 0.05) is 45.4 Å². The number of hydrogen-bond donors (Lipinski definition) is 1. The van der Waals surface area contributed by atoms with Gasteiger partial charge in [0.1, 0.15) is 11.6 Å². The molecule has 6 nitrogen and oxygen atoms in total. The van der Waals surface area contributed by atoms with Gasteiger partial charge in [-0.15, -0.1) is 0 Å². The van der Waals surface area contributed by atoms with Crippen LogP contribution in [-0.2, 0) is 25.9 Å². The molecule has 4 rings (SSSR count). The lowest BCUT2D eigenvalue weighted by atomic mass is 9.99. The Balaban J connectivity index is 1.71. The van der Waals surface area contributed by atoms with E-state index in [-0.39, 0.29) is 0 Å². The van der Waals surface area contributed by atoms with Crippen molar-refractivity contribution in [1.82, 2.24) is 19.8 Å². The maximum Gasteiger partial charge on any atom is 0.146 e. The van der Waals surface area contributed by atoms with E-state index in [2.05, 4.69) is 43.6 Å². The molecule has 0 spiro atoms. The molecule has 2 aromatic rings. The van der Waals surface area contributed by atoms with Gasteiger partial charge in [-0.05, 0) is 43.3 Å². The SMILES string of the molecule is C=N/C(=C\N=CC)N1CCc2cc3nc4n(c3cc2C1)CCNCC4. The van der Waals surface area contributed by atoms with Crippen molar-refractivity contribution in [2.75, 3.05) is 19.6 Å². The molecule has 25 heavy (non-hydrogen) atoms. The number of imidazole rings is 1. The van der Waals surface area contributed by atoms with Crippen molar-refractivity contribution in [3.8, 4) is 0 Å². The molecule has 0 aliphatic carbocycles. The van der Waals surface area contributed by atoms with Gasteiger partial charge in [0.05, 0.1) is 17.2 Å². The average molecular weight is 336 g/mol. The molecule has 0 atom stereocenters.